The highest BCUT2D eigenvalue weighted by atomic mass is 16.3. The molecule has 4 rings (SSSR count). The van der Waals surface area contributed by atoms with Gasteiger partial charge in [0.05, 0.1) is 11.3 Å². The van der Waals surface area contributed by atoms with Gasteiger partial charge in [-0.3, -0.25) is 9.59 Å². The van der Waals surface area contributed by atoms with E-state index in [9.17, 15) is 14.7 Å². The summed E-state index contributed by atoms with van der Waals surface area (Å²) in [6, 6.07) is 13.7. The number of carbonyl (C=O) groups is 2. The zero-order valence-electron chi connectivity index (χ0n) is 19.9. The summed E-state index contributed by atoms with van der Waals surface area (Å²) in [4.78, 5) is 30.8. The van der Waals surface area contributed by atoms with Crippen molar-refractivity contribution < 1.29 is 14.7 Å². The largest absolute Gasteiger partial charge is 0.396 e. The van der Waals surface area contributed by atoms with Crippen molar-refractivity contribution in [1.82, 2.24) is 4.90 Å². The fourth-order valence-corrected chi connectivity index (χ4v) is 4.81. The van der Waals surface area contributed by atoms with Crippen molar-refractivity contribution in [1.29, 1.82) is 0 Å². The van der Waals surface area contributed by atoms with Crippen LogP contribution in [0.5, 0.6) is 0 Å². The SMILES string of the molecule is CCCCc1ccc(N2C(=O)C(c3ccc(C)c(C)c3)=C(N3CCCC(CO)C3)C2=O)cc1. The Kier molecular flexibility index (Phi) is 6.99. The second-order valence-corrected chi connectivity index (χ2v) is 9.38. The Morgan fingerprint density at radius 2 is 1.76 bits per heavy atom. The van der Waals surface area contributed by atoms with Crippen molar-refractivity contribution in [2.24, 2.45) is 5.92 Å². The highest BCUT2D eigenvalue weighted by Gasteiger charge is 2.43. The van der Waals surface area contributed by atoms with Crippen molar-refractivity contribution in [2.75, 3.05) is 24.6 Å². The first-order chi connectivity index (χ1) is 15.9. The number of amides is 2. The molecule has 1 atom stereocenters. The third-order valence-corrected chi connectivity index (χ3v) is 6.96. The monoisotopic (exact) mass is 446 g/mol. The lowest BCUT2D eigenvalue weighted by atomic mass is 9.96. The van der Waals surface area contributed by atoms with E-state index >= 15 is 0 Å². The summed E-state index contributed by atoms with van der Waals surface area (Å²) < 4.78 is 0. The first-order valence-corrected chi connectivity index (χ1v) is 12.1. The molecule has 2 aromatic carbocycles. The summed E-state index contributed by atoms with van der Waals surface area (Å²) >= 11 is 0. The second kappa shape index (κ2) is 9.92. The van der Waals surface area contributed by atoms with E-state index in [2.05, 4.69) is 6.92 Å². The van der Waals surface area contributed by atoms with E-state index in [4.69, 9.17) is 0 Å². The first-order valence-electron chi connectivity index (χ1n) is 12.1. The predicted molar refractivity (Wildman–Crippen MR) is 132 cm³/mol. The van der Waals surface area contributed by atoms with Crippen molar-refractivity contribution in [2.45, 2.75) is 52.9 Å². The minimum Gasteiger partial charge on any atom is -0.396 e. The van der Waals surface area contributed by atoms with Crippen molar-refractivity contribution in [3.05, 3.63) is 70.4 Å². The zero-order valence-corrected chi connectivity index (χ0v) is 19.9. The molecule has 0 aliphatic carbocycles. The molecular formula is C28H34N2O3. The Balaban J connectivity index is 1.74. The normalized spacial score (nSPS) is 19.1. The molecule has 5 heteroatoms. The number of hydrogen-bond donors (Lipinski definition) is 1. The number of aryl methyl sites for hydroxylation is 3. The number of rotatable bonds is 7. The molecule has 0 bridgehead atoms. The topological polar surface area (TPSA) is 60.9 Å². The second-order valence-electron chi connectivity index (χ2n) is 9.38. The molecule has 5 nitrogen and oxygen atoms in total. The van der Waals surface area contributed by atoms with Crippen LogP contribution in [0.25, 0.3) is 5.57 Å². The number of aliphatic hydroxyl groups is 1. The molecule has 1 fully saturated rings. The molecule has 1 unspecified atom stereocenters. The Morgan fingerprint density at radius 3 is 2.42 bits per heavy atom. The van der Waals surface area contributed by atoms with Crippen LogP contribution in [0.1, 0.15) is 54.9 Å². The molecule has 2 aliphatic rings. The van der Waals surface area contributed by atoms with Crippen LogP contribution in [-0.4, -0.2) is 41.5 Å². The predicted octanol–water partition coefficient (Wildman–Crippen LogP) is 4.63. The third kappa shape index (κ3) is 4.60. The Hall–Kier alpha value is -2.92. The molecule has 0 saturated carbocycles. The summed E-state index contributed by atoms with van der Waals surface area (Å²) in [5.74, 6) is -0.430. The van der Waals surface area contributed by atoms with Gasteiger partial charge in [0.25, 0.3) is 11.8 Å². The molecule has 1 N–H and O–H groups in total. The van der Waals surface area contributed by atoms with Gasteiger partial charge in [-0.05, 0) is 79.8 Å². The van der Waals surface area contributed by atoms with Crippen LogP contribution in [0.3, 0.4) is 0 Å². The lowest BCUT2D eigenvalue weighted by molar-refractivity contribution is -0.120. The van der Waals surface area contributed by atoms with Gasteiger partial charge in [0, 0.05) is 19.7 Å². The summed E-state index contributed by atoms with van der Waals surface area (Å²) in [5, 5.41) is 9.73. The van der Waals surface area contributed by atoms with Gasteiger partial charge in [0.1, 0.15) is 5.70 Å². The summed E-state index contributed by atoms with van der Waals surface area (Å²) in [7, 11) is 0. The van der Waals surface area contributed by atoms with Crippen LogP contribution in [-0.2, 0) is 16.0 Å². The standard InChI is InChI=1S/C28H34N2O3/c1-4-5-7-21-10-13-24(14-11-21)30-27(32)25(23-12-9-19(2)20(3)16-23)26(28(30)33)29-15-6-8-22(17-29)18-31/h9-14,16,22,31H,4-8,15,17-18H2,1-3H3. The summed E-state index contributed by atoms with van der Waals surface area (Å²) in [6.07, 6.45) is 5.06. The molecule has 2 aromatic rings. The van der Waals surface area contributed by atoms with Gasteiger partial charge in [-0.2, -0.15) is 0 Å². The van der Waals surface area contributed by atoms with Gasteiger partial charge in [0.15, 0.2) is 0 Å². The Morgan fingerprint density at radius 1 is 1.00 bits per heavy atom. The molecule has 1 saturated heterocycles. The number of unbranched alkanes of at least 4 members (excludes halogenated alkanes) is 1. The molecular weight excluding hydrogens is 412 g/mol. The maximum Gasteiger partial charge on any atom is 0.282 e. The number of hydrogen-bond acceptors (Lipinski definition) is 4. The number of likely N-dealkylation sites (tertiary alicyclic amines) is 1. The Bertz CT molecular complexity index is 1070. The van der Waals surface area contributed by atoms with Crippen LogP contribution in [0, 0.1) is 19.8 Å². The molecule has 2 aliphatic heterocycles. The number of nitrogens with zero attached hydrogens (tertiary/aromatic N) is 2. The van der Waals surface area contributed by atoms with Crippen molar-refractivity contribution in [3.63, 3.8) is 0 Å². The molecule has 33 heavy (non-hydrogen) atoms. The van der Waals surface area contributed by atoms with E-state index in [0.29, 0.717) is 30.0 Å². The van der Waals surface area contributed by atoms with Crippen LogP contribution in [0.4, 0.5) is 5.69 Å². The number of imide groups is 1. The van der Waals surface area contributed by atoms with E-state index < -0.39 is 0 Å². The van der Waals surface area contributed by atoms with E-state index in [1.54, 1.807) is 0 Å². The average Bonchev–Trinajstić information content (AvgIpc) is 3.09. The average molecular weight is 447 g/mol. The van der Waals surface area contributed by atoms with Crippen LogP contribution >= 0.6 is 0 Å². The van der Waals surface area contributed by atoms with E-state index in [1.165, 1.54) is 10.5 Å². The number of anilines is 1. The number of aliphatic hydroxyl groups excluding tert-OH is 1. The summed E-state index contributed by atoms with van der Waals surface area (Å²) in [6.45, 7) is 7.62. The number of piperidine rings is 1. The quantitative estimate of drug-likeness (QED) is 0.630. The van der Waals surface area contributed by atoms with E-state index in [1.807, 2.05) is 61.2 Å². The number of carbonyl (C=O) groups excluding carboxylic acids is 2. The Labute approximate surface area is 196 Å². The van der Waals surface area contributed by atoms with Gasteiger partial charge in [-0.15, -0.1) is 0 Å². The molecule has 174 valence electrons. The van der Waals surface area contributed by atoms with Gasteiger partial charge < -0.3 is 10.0 Å². The molecule has 0 radical (unpaired) electrons. The maximum atomic E-state index is 13.7. The van der Waals surface area contributed by atoms with E-state index in [-0.39, 0.29) is 24.3 Å². The fraction of sp³-hybridized carbons (Fsp3) is 0.429. The van der Waals surface area contributed by atoms with Crippen LogP contribution in [0.15, 0.2) is 48.2 Å². The number of benzene rings is 2. The highest BCUT2D eigenvalue weighted by Crippen LogP contribution is 2.37. The zero-order chi connectivity index (χ0) is 23.5. The maximum absolute atomic E-state index is 13.7. The highest BCUT2D eigenvalue weighted by molar-refractivity contribution is 6.45. The van der Waals surface area contributed by atoms with Crippen LogP contribution in [0.2, 0.25) is 0 Å². The third-order valence-electron chi connectivity index (χ3n) is 6.96. The van der Waals surface area contributed by atoms with Crippen molar-refractivity contribution in [3.8, 4) is 0 Å². The minimum absolute atomic E-state index is 0.0911. The van der Waals surface area contributed by atoms with Gasteiger partial charge in [-0.1, -0.05) is 43.7 Å². The molecule has 0 spiro atoms. The van der Waals surface area contributed by atoms with Gasteiger partial charge in [-0.25, -0.2) is 4.90 Å². The van der Waals surface area contributed by atoms with Crippen molar-refractivity contribution >= 4 is 23.1 Å². The van der Waals surface area contributed by atoms with Gasteiger partial charge in [0.2, 0.25) is 0 Å². The van der Waals surface area contributed by atoms with E-state index in [0.717, 1.165) is 48.8 Å². The molecule has 0 aromatic heterocycles. The minimum atomic E-state index is -0.273. The molecule has 2 heterocycles. The fourth-order valence-electron chi connectivity index (χ4n) is 4.81. The lowest BCUT2D eigenvalue weighted by Crippen LogP contribution is -2.40. The first kappa shape index (κ1) is 23.2. The smallest absolute Gasteiger partial charge is 0.282 e. The molecule has 2 amide bonds. The summed E-state index contributed by atoms with van der Waals surface area (Å²) in [5.41, 5.74) is 5.77. The van der Waals surface area contributed by atoms with Crippen LogP contribution < -0.4 is 4.90 Å². The lowest BCUT2D eigenvalue weighted by Gasteiger charge is -2.34. The van der Waals surface area contributed by atoms with Gasteiger partial charge >= 0.3 is 0 Å².